The molecule has 3 nitrogen and oxygen atoms in total. The molecule has 0 unspecified atom stereocenters. The molecule has 0 atom stereocenters. The highest BCUT2D eigenvalue weighted by atomic mass is 32.3. The van der Waals surface area contributed by atoms with Gasteiger partial charge in [0.1, 0.15) is 0 Å². The maximum Gasteiger partial charge on any atom is 0.554 e. The van der Waals surface area contributed by atoms with Gasteiger partial charge in [-0.05, 0) is 3.89 Å². The van der Waals surface area contributed by atoms with E-state index in [9.17, 15) is 12.3 Å². The number of nitrogens with zero attached hydrogens (tertiary/aromatic N) is 1. The molecule has 0 bridgehead atoms. The van der Waals surface area contributed by atoms with Crippen LogP contribution in [-0.4, -0.2) is 8.42 Å². The normalized spacial score (nSPS) is 11.3. The highest BCUT2D eigenvalue weighted by Crippen LogP contribution is 1.84. The van der Waals surface area contributed by atoms with Crippen LogP contribution in [0.25, 0.3) is 0 Å². The molecule has 54 valence electrons. The Balaban J connectivity index is 3.22. The van der Waals surface area contributed by atoms with Crippen LogP contribution >= 0.6 is 0 Å². The second-order valence-corrected chi connectivity index (χ2v) is 2.89. The molecule has 1 heterocycles. The predicted octanol–water partition coefficient (Wildman–Crippen LogP) is 0.0365. The van der Waals surface area contributed by atoms with Gasteiger partial charge in [0.2, 0.25) is 0 Å². The first-order valence-corrected chi connectivity index (χ1v) is 3.86. The third kappa shape index (κ3) is 1.51. The lowest BCUT2D eigenvalue weighted by atomic mass is 10.5. The van der Waals surface area contributed by atoms with Gasteiger partial charge in [0.25, 0.3) is 0 Å². The van der Waals surface area contributed by atoms with E-state index in [-0.39, 0.29) is 0 Å². The minimum Gasteiger partial charge on any atom is -0.132 e. The van der Waals surface area contributed by atoms with Crippen molar-refractivity contribution in [3.8, 4) is 0 Å². The number of hydrogen-bond donors (Lipinski definition) is 0. The third-order valence-electron chi connectivity index (χ3n) is 0.940. The quantitative estimate of drug-likeness (QED) is 0.432. The smallest absolute Gasteiger partial charge is 0.132 e. The van der Waals surface area contributed by atoms with Crippen molar-refractivity contribution in [1.29, 1.82) is 0 Å². The van der Waals surface area contributed by atoms with Gasteiger partial charge in [-0.3, -0.25) is 0 Å². The molecular weight excluding hydrogens is 157 g/mol. The van der Waals surface area contributed by atoms with Crippen molar-refractivity contribution in [2.45, 2.75) is 0 Å². The number of halogens is 1. The number of rotatable bonds is 1. The van der Waals surface area contributed by atoms with Crippen LogP contribution in [0.4, 0.5) is 3.89 Å². The standard InChI is InChI=1S/C5H5FNO2S/c6-10(8,9)7-4-2-1-3-5-7/h1-5H/q+1. The molecule has 1 rings (SSSR count). The van der Waals surface area contributed by atoms with E-state index >= 15 is 0 Å². The fourth-order valence-corrected chi connectivity index (χ4v) is 0.960. The summed E-state index contributed by atoms with van der Waals surface area (Å²) in [6, 6.07) is 4.45. The van der Waals surface area contributed by atoms with Crippen LogP contribution in [0.3, 0.4) is 0 Å². The first-order valence-electron chi connectivity index (χ1n) is 2.52. The minimum atomic E-state index is -4.59. The molecule has 0 spiro atoms. The zero-order valence-corrected chi connectivity index (χ0v) is 5.75. The monoisotopic (exact) mass is 162 g/mol. The Bertz CT molecular complexity index is 308. The molecule has 0 aliphatic carbocycles. The average Bonchev–Trinajstić information content (AvgIpc) is 1.88. The van der Waals surface area contributed by atoms with Crippen molar-refractivity contribution >= 4 is 10.4 Å². The largest absolute Gasteiger partial charge is 0.554 e. The summed E-state index contributed by atoms with van der Waals surface area (Å²) in [5.41, 5.74) is 0. The van der Waals surface area contributed by atoms with Gasteiger partial charge in [-0.2, -0.15) is 0 Å². The Labute approximate surface area is 58.1 Å². The van der Waals surface area contributed by atoms with Gasteiger partial charge in [0.15, 0.2) is 12.4 Å². The second kappa shape index (κ2) is 2.34. The molecule has 0 saturated heterocycles. The first kappa shape index (κ1) is 7.14. The number of hydrogen-bond acceptors (Lipinski definition) is 2. The van der Waals surface area contributed by atoms with Crippen molar-refractivity contribution in [2.24, 2.45) is 0 Å². The maximum atomic E-state index is 12.1. The molecule has 1 aromatic rings. The zero-order valence-electron chi connectivity index (χ0n) is 4.94. The minimum absolute atomic E-state index is 0.493. The lowest BCUT2D eigenvalue weighted by Crippen LogP contribution is -2.38. The molecule has 0 aliphatic heterocycles. The van der Waals surface area contributed by atoms with Crippen LogP contribution < -0.4 is 3.97 Å². The zero-order chi connectivity index (χ0) is 7.61. The van der Waals surface area contributed by atoms with Gasteiger partial charge >= 0.3 is 10.4 Å². The summed E-state index contributed by atoms with van der Waals surface area (Å²) in [6.07, 6.45) is 2.24. The van der Waals surface area contributed by atoms with Crippen LogP contribution in [0.2, 0.25) is 0 Å². The lowest BCUT2D eigenvalue weighted by Gasteiger charge is -1.83. The SMILES string of the molecule is O=S(=O)(F)[n+]1ccccc1. The Hall–Kier alpha value is -0.970. The van der Waals surface area contributed by atoms with Gasteiger partial charge in [0, 0.05) is 12.1 Å². The molecule has 10 heavy (non-hydrogen) atoms. The summed E-state index contributed by atoms with van der Waals surface area (Å²) in [6.45, 7) is 0. The van der Waals surface area contributed by atoms with Crippen LogP contribution in [-0.2, 0) is 10.4 Å². The molecule has 0 aromatic carbocycles. The fraction of sp³-hybridized carbons (Fsp3) is 0. The number of pyridine rings is 1. The summed E-state index contributed by atoms with van der Waals surface area (Å²) in [5.74, 6) is 0. The summed E-state index contributed by atoms with van der Waals surface area (Å²) < 4.78 is 32.8. The van der Waals surface area contributed by atoms with Gasteiger partial charge < -0.3 is 0 Å². The Kier molecular flexibility index (Phi) is 1.67. The topological polar surface area (TPSA) is 38.0 Å². The summed E-state index contributed by atoms with van der Waals surface area (Å²) in [5, 5.41) is 0. The molecule has 0 aliphatic rings. The molecule has 0 amide bonds. The molecule has 0 radical (unpaired) electrons. The van der Waals surface area contributed by atoms with Gasteiger partial charge in [0.05, 0.1) is 0 Å². The van der Waals surface area contributed by atoms with Gasteiger partial charge in [-0.1, -0.05) is 10.0 Å². The first-order chi connectivity index (χ1) is 4.61. The van der Waals surface area contributed by atoms with E-state index < -0.39 is 10.4 Å². The summed E-state index contributed by atoms with van der Waals surface area (Å²) in [4.78, 5) is 0. The van der Waals surface area contributed by atoms with Crippen molar-refractivity contribution in [3.63, 3.8) is 0 Å². The third-order valence-corrected chi connectivity index (χ3v) is 1.69. The van der Waals surface area contributed by atoms with Gasteiger partial charge in [-0.25, -0.2) is 0 Å². The highest BCUT2D eigenvalue weighted by molar-refractivity contribution is 7.79. The van der Waals surface area contributed by atoms with Crippen molar-refractivity contribution < 1.29 is 16.3 Å². The van der Waals surface area contributed by atoms with E-state index in [4.69, 9.17) is 0 Å². The summed E-state index contributed by atoms with van der Waals surface area (Å²) >= 11 is 0. The van der Waals surface area contributed by atoms with Crippen molar-refractivity contribution in [1.82, 2.24) is 0 Å². The molecule has 0 N–H and O–H groups in total. The van der Waals surface area contributed by atoms with E-state index in [0.29, 0.717) is 3.97 Å². The van der Waals surface area contributed by atoms with Crippen LogP contribution in [0.5, 0.6) is 0 Å². The lowest BCUT2D eigenvalue weighted by molar-refractivity contribution is -0.516. The highest BCUT2D eigenvalue weighted by Gasteiger charge is 2.17. The fourth-order valence-electron chi connectivity index (χ4n) is 0.528. The maximum absolute atomic E-state index is 12.1. The number of aromatic nitrogens is 1. The molecule has 0 saturated carbocycles. The molecular formula is C5H5FNO2S+. The average molecular weight is 162 g/mol. The Morgan fingerprint density at radius 3 is 1.90 bits per heavy atom. The molecule has 0 fully saturated rings. The van der Waals surface area contributed by atoms with E-state index in [1.165, 1.54) is 12.1 Å². The van der Waals surface area contributed by atoms with E-state index in [0.717, 1.165) is 12.4 Å². The van der Waals surface area contributed by atoms with E-state index in [1.54, 1.807) is 6.07 Å². The molecule has 1 aromatic heterocycles. The van der Waals surface area contributed by atoms with Crippen LogP contribution in [0, 0.1) is 0 Å². The van der Waals surface area contributed by atoms with E-state index in [1.807, 2.05) is 0 Å². The summed E-state index contributed by atoms with van der Waals surface area (Å²) in [7, 11) is -4.59. The van der Waals surface area contributed by atoms with Crippen LogP contribution in [0.15, 0.2) is 30.6 Å². The van der Waals surface area contributed by atoms with Crippen LogP contribution in [0.1, 0.15) is 0 Å². The van der Waals surface area contributed by atoms with Gasteiger partial charge in [-0.15, -0.1) is 8.42 Å². The Morgan fingerprint density at radius 1 is 1.10 bits per heavy atom. The van der Waals surface area contributed by atoms with Crippen molar-refractivity contribution in [2.75, 3.05) is 0 Å². The van der Waals surface area contributed by atoms with E-state index in [2.05, 4.69) is 0 Å². The predicted molar refractivity (Wildman–Crippen MR) is 32.1 cm³/mol. The molecule has 5 heteroatoms. The Morgan fingerprint density at radius 2 is 1.60 bits per heavy atom. The second-order valence-electron chi connectivity index (χ2n) is 1.65. The van der Waals surface area contributed by atoms with Crippen molar-refractivity contribution in [3.05, 3.63) is 30.6 Å².